The Labute approximate surface area is 170 Å². The second-order valence-electron chi connectivity index (χ2n) is 6.98. The van der Waals surface area contributed by atoms with E-state index in [2.05, 4.69) is 27.6 Å². The van der Waals surface area contributed by atoms with Crippen LogP contribution >= 0.6 is 22.6 Å². The highest BCUT2D eigenvalue weighted by molar-refractivity contribution is 14.1. The average Bonchev–Trinajstić information content (AvgIpc) is 2.95. The van der Waals surface area contributed by atoms with Crippen molar-refractivity contribution in [2.24, 2.45) is 0 Å². The van der Waals surface area contributed by atoms with Crippen molar-refractivity contribution in [1.29, 1.82) is 0 Å². The average molecular weight is 478 g/mol. The second kappa shape index (κ2) is 7.67. The third-order valence-corrected chi connectivity index (χ3v) is 4.49. The molecule has 0 atom stereocenters. The Morgan fingerprint density at radius 2 is 1.89 bits per heavy atom. The molecule has 1 aromatic carbocycles. The molecule has 0 bridgehead atoms. The molecular weight excluding hydrogens is 459 g/mol. The molecular formula is C20H19IN2O4. The maximum Gasteiger partial charge on any atom is 0.420 e. The van der Waals surface area contributed by atoms with E-state index >= 15 is 0 Å². The van der Waals surface area contributed by atoms with Gasteiger partial charge >= 0.3 is 12.1 Å². The number of pyridine rings is 1. The van der Waals surface area contributed by atoms with Gasteiger partial charge in [-0.25, -0.2) is 19.1 Å². The van der Waals surface area contributed by atoms with Gasteiger partial charge in [0.2, 0.25) is 0 Å². The van der Waals surface area contributed by atoms with Crippen LogP contribution in [0.4, 0.5) is 4.79 Å². The van der Waals surface area contributed by atoms with Crippen LogP contribution in [-0.2, 0) is 16.1 Å². The second-order valence-corrected chi connectivity index (χ2v) is 8.15. The van der Waals surface area contributed by atoms with E-state index in [0.29, 0.717) is 16.6 Å². The van der Waals surface area contributed by atoms with Crippen molar-refractivity contribution in [3.05, 3.63) is 63.5 Å². The lowest BCUT2D eigenvalue weighted by molar-refractivity contribution is 0.0471. The molecule has 0 aliphatic carbocycles. The number of fused-ring (bicyclic) bond motifs is 1. The summed E-state index contributed by atoms with van der Waals surface area (Å²) < 4.78 is 12.9. The summed E-state index contributed by atoms with van der Waals surface area (Å²) in [4.78, 5) is 29.0. The van der Waals surface area contributed by atoms with E-state index in [1.165, 1.54) is 10.8 Å². The molecule has 0 N–H and O–H groups in total. The molecule has 2 heterocycles. The van der Waals surface area contributed by atoms with Crippen LogP contribution < -0.4 is 0 Å². The SMILES string of the molecule is CC(C)(C)OC(=O)n1cc(I)c2cc(C(=O)OCc3ccccc3)cnc21. The Morgan fingerprint density at radius 1 is 1.19 bits per heavy atom. The number of aromatic nitrogens is 2. The van der Waals surface area contributed by atoms with Crippen molar-refractivity contribution >= 4 is 45.7 Å². The topological polar surface area (TPSA) is 70.4 Å². The largest absolute Gasteiger partial charge is 0.457 e. The van der Waals surface area contributed by atoms with E-state index in [9.17, 15) is 9.59 Å². The molecule has 0 unspecified atom stereocenters. The third-order valence-electron chi connectivity index (χ3n) is 3.63. The van der Waals surface area contributed by atoms with Crippen LogP contribution in [0.5, 0.6) is 0 Å². The molecule has 0 saturated heterocycles. The van der Waals surface area contributed by atoms with Gasteiger partial charge in [-0.1, -0.05) is 30.3 Å². The maximum absolute atomic E-state index is 12.4. The van der Waals surface area contributed by atoms with Crippen LogP contribution in [0.15, 0.2) is 48.8 Å². The number of esters is 1. The first kappa shape index (κ1) is 19.3. The molecule has 0 saturated carbocycles. The third kappa shape index (κ3) is 4.65. The summed E-state index contributed by atoms with van der Waals surface area (Å²) in [7, 11) is 0. The minimum atomic E-state index is -0.611. The van der Waals surface area contributed by atoms with Gasteiger partial charge < -0.3 is 9.47 Å². The van der Waals surface area contributed by atoms with Crippen molar-refractivity contribution in [2.75, 3.05) is 0 Å². The van der Waals surface area contributed by atoms with Crippen LogP contribution in [-0.4, -0.2) is 27.2 Å². The van der Waals surface area contributed by atoms with Gasteiger partial charge in [-0.15, -0.1) is 0 Å². The number of hydrogen-bond donors (Lipinski definition) is 0. The Kier molecular flexibility index (Phi) is 5.50. The lowest BCUT2D eigenvalue weighted by Gasteiger charge is -2.19. The molecule has 0 aliphatic heterocycles. The van der Waals surface area contributed by atoms with Gasteiger partial charge in [0.1, 0.15) is 12.2 Å². The zero-order valence-electron chi connectivity index (χ0n) is 15.2. The number of hydrogen-bond acceptors (Lipinski definition) is 5. The number of ether oxygens (including phenoxy) is 2. The first-order valence-corrected chi connectivity index (χ1v) is 9.43. The fraction of sp³-hybridized carbons (Fsp3) is 0.250. The molecule has 7 heteroatoms. The van der Waals surface area contributed by atoms with Crippen molar-refractivity contribution in [1.82, 2.24) is 9.55 Å². The summed E-state index contributed by atoms with van der Waals surface area (Å²) in [5.74, 6) is -0.464. The zero-order chi connectivity index (χ0) is 19.6. The van der Waals surface area contributed by atoms with Crippen molar-refractivity contribution < 1.29 is 19.1 Å². The van der Waals surface area contributed by atoms with Crippen LogP contribution in [0.3, 0.4) is 0 Å². The first-order valence-electron chi connectivity index (χ1n) is 8.35. The first-order chi connectivity index (χ1) is 12.7. The van der Waals surface area contributed by atoms with Crippen LogP contribution in [0.2, 0.25) is 0 Å². The molecule has 0 radical (unpaired) electrons. The number of carbonyl (C=O) groups excluding carboxylic acids is 2. The monoisotopic (exact) mass is 478 g/mol. The van der Waals surface area contributed by atoms with Gasteiger partial charge in [-0.3, -0.25) is 0 Å². The van der Waals surface area contributed by atoms with Gasteiger partial charge in [0.05, 0.1) is 5.56 Å². The fourth-order valence-corrected chi connectivity index (χ4v) is 3.11. The molecule has 27 heavy (non-hydrogen) atoms. The summed E-state index contributed by atoms with van der Waals surface area (Å²) >= 11 is 2.10. The Hall–Kier alpha value is -2.42. The van der Waals surface area contributed by atoms with Crippen molar-refractivity contribution in [2.45, 2.75) is 33.0 Å². The number of nitrogens with zero attached hydrogens (tertiary/aromatic N) is 2. The van der Waals surface area contributed by atoms with E-state index in [-0.39, 0.29) is 6.61 Å². The Bertz CT molecular complexity index is 990. The highest BCUT2D eigenvalue weighted by Gasteiger charge is 2.22. The Balaban J connectivity index is 1.82. The minimum absolute atomic E-state index is 0.188. The number of benzene rings is 1. The van der Waals surface area contributed by atoms with Crippen molar-refractivity contribution in [3.63, 3.8) is 0 Å². The zero-order valence-corrected chi connectivity index (χ0v) is 17.4. The Morgan fingerprint density at radius 3 is 2.56 bits per heavy atom. The van der Waals surface area contributed by atoms with Crippen molar-refractivity contribution in [3.8, 4) is 0 Å². The maximum atomic E-state index is 12.4. The molecule has 0 aliphatic rings. The van der Waals surface area contributed by atoms with Gasteiger partial charge in [-0.05, 0) is 55.0 Å². The van der Waals surface area contributed by atoms with E-state index in [4.69, 9.17) is 9.47 Å². The molecule has 2 aromatic heterocycles. The molecule has 0 amide bonds. The highest BCUT2D eigenvalue weighted by Crippen LogP contribution is 2.24. The van der Waals surface area contributed by atoms with E-state index in [1.807, 2.05) is 30.3 Å². The summed E-state index contributed by atoms with van der Waals surface area (Å²) in [5.41, 5.74) is 1.07. The van der Waals surface area contributed by atoms with Gasteiger partial charge in [0.15, 0.2) is 5.65 Å². The molecule has 140 valence electrons. The van der Waals surface area contributed by atoms with Crippen LogP contribution in [0.25, 0.3) is 11.0 Å². The molecule has 0 spiro atoms. The quantitative estimate of drug-likeness (QED) is 0.400. The van der Waals surface area contributed by atoms with Crippen LogP contribution in [0.1, 0.15) is 36.7 Å². The predicted octanol–water partition coefficient (Wildman–Crippen LogP) is 4.78. The van der Waals surface area contributed by atoms with Gasteiger partial charge in [0.25, 0.3) is 0 Å². The molecule has 0 fully saturated rings. The fourth-order valence-electron chi connectivity index (χ4n) is 2.44. The lowest BCUT2D eigenvalue weighted by Crippen LogP contribution is -2.26. The predicted molar refractivity (Wildman–Crippen MR) is 110 cm³/mol. The van der Waals surface area contributed by atoms with E-state index in [1.54, 1.807) is 33.0 Å². The van der Waals surface area contributed by atoms with E-state index < -0.39 is 17.7 Å². The van der Waals surface area contributed by atoms with Crippen LogP contribution in [0, 0.1) is 3.57 Å². The number of carbonyl (C=O) groups is 2. The lowest BCUT2D eigenvalue weighted by atomic mass is 10.2. The van der Waals surface area contributed by atoms with Gasteiger partial charge in [-0.2, -0.15) is 0 Å². The highest BCUT2D eigenvalue weighted by atomic mass is 127. The molecule has 6 nitrogen and oxygen atoms in total. The van der Waals surface area contributed by atoms with E-state index in [0.717, 1.165) is 9.13 Å². The minimum Gasteiger partial charge on any atom is -0.457 e. The summed E-state index contributed by atoms with van der Waals surface area (Å²) in [5, 5.41) is 0.690. The number of rotatable bonds is 3. The normalized spacial score (nSPS) is 11.4. The summed E-state index contributed by atoms with van der Waals surface area (Å²) in [6.07, 6.45) is 2.54. The standard InChI is InChI=1S/C20H19IN2O4/c1-20(2,3)27-19(25)23-11-16(21)15-9-14(10-22-17(15)23)18(24)26-12-13-7-5-4-6-8-13/h4-11H,12H2,1-3H3. The molecule has 3 rings (SSSR count). The smallest absolute Gasteiger partial charge is 0.420 e. The van der Waals surface area contributed by atoms with Gasteiger partial charge in [0, 0.05) is 21.4 Å². The molecule has 3 aromatic rings. The summed E-state index contributed by atoms with van der Waals surface area (Å²) in [6.45, 7) is 5.59. The summed E-state index contributed by atoms with van der Waals surface area (Å²) in [6, 6.07) is 11.1. The number of halogens is 1.